The molecule has 0 aliphatic rings. The number of hydrogen-bond acceptors (Lipinski definition) is 3. The Hall–Kier alpha value is -1.62. The quantitative estimate of drug-likeness (QED) is 0.822. The summed E-state index contributed by atoms with van der Waals surface area (Å²) in [6, 6.07) is 1.68. The van der Waals surface area contributed by atoms with E-state index in [9.17, 15) is 4.79 Å². The van der Waals surface area contributed by atoms with Crippen molar-refractivity contribution in [1.82, 2.24) is 19.6 Å². The molecule has 0 saturated carbocycles. The fraction of sp³-hybridized carbons (Fsp3) is 0.364. The molecular weight excluding hydrogens is 240 g/mol. The van der Waals surface area contributed by atoms with E-state index in [1.165, 1.54) is 4.68 Å². The average molecular weight is 253 g/mol. The van der Waals surface area contributed by atoms with Crippen LogP contribution in [0.25, 0.3) is 0 Å². The highest BCUT2D eigenvalue weighted by atomic mass is 35.5. The van der Waals surface area contributed by atoms with Gasteiger partial charge in [-0.3, -0.25) is 9.48 Å². The lowest BCUT2D eigenvalue weighted by Gasteiger charge is -2.05. The largest absolute Gasteiger partial charge is 0.296 e. The lowest BCUT2D eigenvalue weighted by atomic mass is 10.3. The van der Waals surface area contributed by atoms with Gasteiger partial charge in [-0.2, -0.15) is 14.9 Å². The van der Waals surface area contributed by atoms with E-state index in [0.29, 0.717) is 28.6 Å². The second-order valence-corrected chi connectivity index (χ2v) is 4.11. The molecule has 0 aliphatic carbocycles. The molecule has 0 bridgehead atoms. The summed E-state index contributed by atoms with van der Waals surface area (Å²) in [5.41, 5.74) is 1.81. The van der Waals surface area contributed by atoms with Crippen molar-refractivity contribution in [2.24, 2.45) is 0 Å². The summed E-state index contributed by atoms with van der Waals surface area (Å²) in [5.74, 6) is -0.211. The third kappa shape index (κ3) is 1.86. The van der Waals surface area contributed by atoms with Gasteiger partial charge in [0.05, 0.1) is 16.4 Å². The summed E-state index contributed by atoms with van der Waals surface area (Å²) < 4.78 is 2.95. The Kier molecular flexibility index (Phi) is 3.02. The minimum atomic E-state index is -0.211. The Bertz CT molecular complexity index is 570. The Morgan fingerprint density at radius 2 is 2.18 bits per heavy atom. The van der Waals surface area contributed by atoms with Gasteiger partial charge in [-0.1, -0.05) is 11.6 Å². The smallest absolute Gasteiger partial charge is 0.265 e. The van der Waals surface area contributed by atoms with Crippen molar-refractivity contribution in [1.29, 1.82) is 0 Å². The summed E-state index contributed by atoms with van der Waals surface area (Å²) in [6.07, 6.45) is 1.60. The van der Waals surface area contributed by atoms with E-state index in [1.807, 2.05) is 6.92 Å². The maximum atomic E-state index is 12.3. The number of aryl methyl sites for hydroxylation is 2. The molecule has 6 heteroatoms. The molecule has 17 heavy (non-hydrogen) atoms. The van der Waals surface area contributed by atoms with Crippen molar-refractivity contribution in [3.05, 3.63) is 34.4 Å². The monoisotopic (exact) mass is 252 g/mol. The van der Waals surface area contributed by atoms with Crippen molar-refractivity contribution in [3.63, 3.8) is 0 Å². The molecule has 0 unspecified atom stereocenters. The molecule has 0 aromatic carbocycles. The maximum absolute atomic E-state index is 12.3. The van der Waals surface area contributed by atoms with Crippen LogP contribution < -0.4 is 0 Å². The van der Waals surface area contributed by atoms with Crippen molar-refractivity contribution in [3.8, 4) is 0 Å². The van der Waals surface area contributed by atoms with Crippen LogP contribution in [0.4, 0.5) is 0 Å². The topological polar surface area (TPSA) is 52.7 Å². The SMILES string of the molecule is CCn1nccc1C(=O)n1nc(C)c(Cl)c1C. The first-order valence-electron chi connectivity index (χ1n) is 5.34. The molecule has 0 fully saturated rings. The van der Waals surface area contributed by atoms with Crippen LogP contribution in [-0.4, -0.2) is 25.5 Å². The number of carbonyl (C=O) groups excluding carboxylic acids is 1. The van der Waals surface area contributed by atoms with Crippen LogP contribution in [0.15, 0.2) is 12.3 Å². The first-order chi connectivity index (χ1) is 8.06. The summed E-state index contributed by atoms with van der Waals surface area (Å²) in [4.78, 5) is 12.3. The lowest BCUT2D eigenvalue weighted by molar-refractivity contribution is 0.0931. The highest BCUT2D eigenvalue weighted by Crippen LogP contribution is 2.19. The molecule has 0 saturated heterocycles. The zero-order chi connectivity index (χ0) is 12.6. The van der Waals surface area contributed by atoms with Gasteiger partial charge >= 0.3 is 0 Å². The van der Waals surface area contributed by atoms with Gasteiger partial charge in [0.1, 0.15) is 5.69 Å². The molecule has 0 radical (unpaired) electrons. The van der Waals surface area contributed by atoms with E-state index in [2.05, 4.69) is 10.2 Å². The van der Waals surface area contributed by atoms with Crippen LogP contribution in [0.2, 0.25) is 5.02 Å². The molecule has 0 spiro atoms. The van der Waals surface area contributed by atoms with E-state index in [0.717, 1.165) is 0 Å². The predicted molar refractivity (Wildman–Crippen MR) is 64.3 cm³/mol. The summed E-state index contributed by atoms with van der Waals surface area (Å²) >= 11 is 6.02. The van der Waals surface area contributed by atoms with E-state index >= 15 is 0 Å². The lowest BCUT2D eigenvalue weighted by Crippen LogP contribution is -2.19. The van der Waals surface area contributed by atoms with Gasteiger partial charge in [-0.05, 0) is 26.8 Å². The van der Waals surface area contributed by atoms with Gasteiger partial charge in [-0.25, -0.2) is 0 Å². The summed E-state index contributed by atoms with van der Waals surface area (Å²) in [6.45, 7) is 6.11. The normalized spacial score (nSPS) is 10.8. The van der Waals surface area contributed by atoms with Gasteiger partial charge < -0.3 is 0 Å². The fourth-order valence-electron chi connectivity index (χ4n) is 1.70. The standard InChI is InChI=1S/C11H13ClN4O/c1-4-15-9(5-6-13-15)11(17)16-8(3)10(12)7(2)14-16/h5-6H,4H2,1-3H3. The fourth-order valence-corrected chi connectivity index (χ4v) is 1.81. The highest BCUT2D eigenvalue weighted by Gasteiger charge is 2.19. The highest BCUT2D eigenvalue weighted by molar-refractivity contribution is 6.32. The maximum Gasteiger partial charge on any atom is 0.296 e. The molecule has 5 nitrogen and oxygen atoms in total. The van der Waals surface area contributed by atoms with Gasteiger partial charge in [-0.15, -0.1) is 0 Å². The van der Waals surface area contributed by atoms with Crippen LogP contribution in [0.1, 0.15) is 28.8 Å². The zero-order valence-electron chi connectivity index (χ0n) is 9.94. The van der Waals surface area contributed by atoms with Gasteiger partial charge in [0.2, 0.25) is 0 Å². The number of carbonyl (C=O) groups is 1. The molecule has 0 amide bonds. The molecule has 2 aromatic rings. The Morgan fingerprint density at radius 1 is 1.47 bits per heavy atom. The van der Waals surface area contributed by atoms with E-state index in [-0.39, 0.29) is 5.91 Å². The molecule has 0 N–H and O–H groups in total. The first-order valence-corrected chi connectivity index (χ1v) is 5.72. The molecule has 90 valence electrons. The minimum absolute atomic E-state index is 0.211. The Balaban J connectivity index is 2.47. The van der Waals surface area contributed by atoms with Crippen molar-refractivity contribution < 1.29 is 4.79 Å². The molecule has 2 heterocycles. The molecule has 2 rings (SSSR count). The number of nitrogens with zero attached hydrogens (tertiary/aromatic N) is 4. The van der Waals surface area contributed by atoms with Crippen LogP contribution >= 0.6 is 11.6 Å². The number of rotatable bonds is 2. The third-order valence-corrected chi connectivity index (χ3v) is 3.18. The van der Waals surface area contributed by atoms with E-state index in [1.54, 1.807) is 30.8 Å². The molecule has 0 atom stereocenters. The third-order valence-electron chi connectivity index (χ3n) is 2.63. The van der Waals surface area contributed by atoms with Crippen LogP contribution in [-0.2, 0) is 6.54 Å². The van der Waals surface area contributed by atoms with Gasteiger partial charge in [0.15, 0.2) is 0 Å². The van der Waals surface area contributed by atoms with Crippen molar-refractivity contribution in [2.75, 3.05) is 0 Å². The Morgan fingerprint density at radius 3 is 2.71 bits per heavy atom. The van der Waals surface area contributed by atoms with Crippen LogP contribution in [0.3, 0.4) is 0 Å². The number of aromatic nitrogens is 4. The Labute approximate surface area is 104 Å². The summed E-state index contributed by atoms with van der Waals surface area (Å²) in [7, 11) is 0. The second kappa shape index (κ2) is 4.33. The first kappa shape index (κ1) is 11.9. The second-order valence-electron chi connectivity index (χ2n) is 3.73. The number of halogens is 1. The van der Waals surface area contributed by atoms with Gasteiger partial charge in [0, 0.05) is 12.7 Å². The molecule has 2 aromatic heterocycles. The van der Waals surface area contributed by atoms with Crippen molar-refractivity contribution in [2.45, 2.75) is 27.3 Å². The van der Waals surface area contributed by atoms with Crippen molar-refractivity contribution >= 4 is 17.5 Å². The van der Waals surface area contributed by atoms with Gasteiger partial charge in [0.25, 0.3) is 5.91 Å². The molecular formula is C11H13ClN4O. The number of hydrogen-bond donors (Lipinski definition) is 0. The van der Waals surface area contributed by atoms with E-state index < -0.39 is 0 Å². The minimum Gasteiger partial charge on any atom is -0.265 e. The molecule has 0 aliphatic heterocycles. The zero-order valence-corrected chi connectivity index (χ0v) is 10.7. The predicted octanol–water partition coefficient (Wildman–Crippen LogP) is 2.06. The average Bonchev–Trinajstić information content (AvgIpc) is 2.89. The van der Waals surface area contributed by atoms with Crippen LogP contribution in [0.5, 0.6) is 0 Å². The summed E-state index contributed by atoms with van der Waals surface area (Å²) in [5, 5.41) is 8.73. The van der Waals surface area contributed by atoms with E-state index in [4.69, 9.17) is 11.6 Å². The van der Waals surface area contributed by atoms with Crippen LogP contribution in [0, 0.1) is 13.8 Å².